The van der Waals surface area contributed by atoms with E-state index in [1.165, 1.54) is 12.3 Å². The van der Waals surface area contributed by atoms with E-state index in [0.717, 1.165) is 30.6 Å². The van der Waals surface area contributed by atoms with Crippen LogP contribution in [0.1, 0.15) is 40.6 Å². The summed E-state index contributed by atoms with van der Waals surface area (Å²) in [5.74, 6) is 0.216. The number of piperidine rings is 1. The number of pyridine rings is 1. The summed E-state index contributed by atoms with van der Waals surface area (Å²) in [5, 5.41) is 2.02. The van der Waals surface area contributed by atoms with E-state index in [1.54, 1.807) is 22.4 Å². The number of hydrogen-bond acceptors (Lipinski definition) is 5. The number of rotatable bonds is 4. The maximum atomic E-state index is 13.9. The van der Waals surface area contributed by atoms with E-state index in [4.69, 9.17) is 0 Å². The van der Waals surface area contributed by atoms with Gasteiger partial charge in [0.2, 0.25) is 0 Å². The molecule has 0 aliphatic carbocycles. The highest BCUT2D eigenvalue weighted by atomic mass is 32.1. The summed E-state index contributed by atoms with van der Waals surface area (Å²) in [6.45, 7) is 1.83. The van der Waals surface area contributed by atoms with Crippen molar-refractivity contribution in [2.24, 2.45) is 0 Å². The van der Waals surface area contributed by atoms with Crippen LogP contribution in [0.15, 0.2) is 41.7 Å². The Morgan fingerprint density at radius 1 is 1.35 bits per heavy atom. The lowest BCUT2D eigenvalue weighted by molar-refractivity contribution is 0.0698. The molecule has 3 aromatic heterocycles. The summed E-state index contributed by atoms with van der Waals surface area (Å²) in [4.78, 5) is 27.0. The van der Waals surface area contributed by atoms with E-state index in [-0.39, 0.29) is 17.4 Å². The molecule has 1 aliphatic rings. The molecule has 134 valence electrons. The quantitative estimate of drug-likeness (QED) is 0.707. The van der Waals surface area contributed by atoms with Crippen molar-refractivity contribution in [2.75, 3.05) is 13.1 Å². The van der Waals surface area contributed by atoms with E-state index in [1.807, 2.05) is 17.1 Å². The van der Waals surface area contributed by atoms with Crippen LogP contribution in [0.2, 0.25) is 0 Å². The van der Waals surface area contributed by atoms with Crippen LogP contribution in [0.3, 0.4) is 0 Å². The molecule has 0 bridgehead atoms. The maximum Gasteiger partial charge on any atom is 0.256 e. The van der Waals surface area contributed by atoms with Crippen molar-refractivity contribution in [3.05, 3.63) is 64.6 Å². The average Bonchev–Trinajstić information content (AvgIpc) is 3.34. The number of thiazole rings is 1. The zero-order chi connectivity index (χ0) is 17.9. The lowest BCUT2D eigenvalue weighted by atomic mass is 9.96. The standard InChI is InChI=1S/C18H18FN5OS/c19-16-8-20-4-3-15(16)18(25)24-6-1-2-13(9-24)17-21-5-7-23(17)10-14-11-26-12-22-14/h3-5,7-8,11-13H,1-2,6,9-10H2/t13-/m0/s1. The van der Waals surface area contributed by atoms with Gasteiger partial charge in [0.25, 0.3) is 5.91 Å². The average molecular weight is 371 g/mol. The van der Waals surface area contributed by atoms with Gasteiger partial charge in [-0.05, 0) is 18.9 Å². The summed E-state index contributed by atoms with van der Waals surface area (Å²) in [6.07, 6.45) is 8.07. The molecule has 6 nitrogen and oxygen atoms in total. The molecular weight excluding hydrogens is 353 g/mol. The van der Waals surface area contributed by atoms with Gasteiger partial charge in [-0.15, -0.1) is 11.3 Å². The molecule has 0 radical (unpaired) electrons. The smallest absolute Gasteiger partial charge is 0.256 e. The zero-order valence-electron chi connectivity index (χ0n) is 14.1. The van der Waals surface area contributed by atoms with Crippen LogP contribution in [0.5, 0.6) is 0 Å². The highest BCUT2D eigenvalue weighted by molar-refractivity contribution is 7.07. The van der Waals surface area contributed by atoms with Gasteiger partial charge in [-0.1, -0.05) is 0 Å². The second-order valence-corrected chi connectivity index (χ2v) is 7.06. The highest BCUT2D eigenvalue weighted by Gasteiger charge is 2.29. The number of nitrogens with zero attached hydrogens (tertiary/aromatic N) is 5. The van der Waals surface area contributed by atoms with Crippen molar-refractivity contribution in [3.63, 3.8) is 0 Å². The van der Waals surface area contributed by atoms with Crippen molar-refractivity contribution < 1.29 is 9.18 Å². The SMILES string of the molecule is O=C(c1ccncc1F)N1CCC[C@H](c2nccn2Cc2cscn2)C1. The molecule has 0 unspecified atom stereocenters. The minimum Gasteiger partial charge on any atom is -0.338 e. The maximum absolute atomic E-state index is 13.9. The van der Waals surface area contributed by atoms with Gasteiger partial charge >= 0.3 is 0 Å². The second kappa shape index (κ2) is 7.33. The first kappa shape index (κ1) is 16.8. The van der Waals surface area contributed by atoms with E-state index >= 15 is 0 Å². The van der Waals surface area contributed by atoms with Gasteiger partial charge in [0.1, 0.15) is 5.82 Å². The zero-order valence-corrected chi connectivity index (χ0v) is 14.9. The Balaban J connectivity index is 1.52. The van der Waals surface area contributed by atoms with Crippen molar-refractivity contribution in [3.8, 4) is 0 Å². The molecule has 1 saturated heterocycles. The molecule has 1 amide bonds. The summed E-state index contributed by atoms with van der Waals surface area (Å²) < 4.78 is 16.0. The van der Waals surface area contributed by atoms with Gasteiger partial charge in [0.05, 0.1) is 29.5 Å². The first-order valence-corrected chi connectivity index (χ1v) is 9.43. The van der Waals surface area contributed by atoms with Gasteiger partial charge in [-0.3, -0.25) is 9.78 Å². The number of likely N-dealkylation sites (tertiary alicyclic amines) is 1. The molecule has 0 aromatic carbocycles. The lowest BCUT2D eigenvalue weighted by Gasteiger charge is -2.32. The summed E-state index contributed by atoms with van der Waals surface area (Å²) >= 11 is 1.57. The van der Waals surface area contributed by atoms with E-state index in [0.29, 0.717) is 19.6 Å². The van der Waals surface area contributed by atoms with Crippen LogP contribution in [-0.2, 0) is 6.54 Å². The Hall–Kier alpha value is -2.61. The third-order valence-electron chi connectivity index (χ3n) is 4.64. The fourth-order valence-electron chi connectivity index (χ4n) is 3.40. The molecule has 0 N–H and O–H groups in total. The Morgan fingerprint density at radius 3 is 3.08 bits per heavy atom. The Bertz CT molecular complexity index is 895. The number of imidazole rings is 1. The van der Waals surface area contributed by atoms with Gasteiger partial charge in [-0.25, -0.2) is 14.4 Å². The third-order valence-corrected chi connectivity index (χ3v) is 5.28. The summed E-state index contributed by atoms with van der Waals surface area (Å²) in [5.41, 5.74) is 2.89. The topological polar surface area (TPSA) is 63.9 Å². The Morgan fingerprint density at radius 2 is 2.27 bits per heavy atom. The largest absolute Gasteiger partial charge is 0.338 e. The monoisotopic (exact) mass is 371 g/mol. The van der Waals surface area contributed by atoms with Crippen LogP contribution in [-0.4, -0.2) is 43.4 Å². The van der Waals surface area contributed by atoms with Crippen molar-refractivity contribution in [2.45, 2.75) is 25.3 Å². The molecule has 1 aliphatic heterocycles. The number of carbonyl (C=O) groups excluding carboxylic acids is 1. The molecular formula is C18H18FN5OS. The predicted octanol–water partition coefficient (Wildman–Crippen LogP) is 2.94. The van der Waals surface area contributed by atoms with Crippen LogP contribution in [0.4, 0.5) is 4.39 Å². The van der Waals surface area contributed by atoms with Crippen molar-refractivity contribution >= 4 is 17.2 Å². The number of carbonyl (C=O) groups is 1. The molecule has 26 heavy (non-hydrogen) atoms. The van der Waals surface area contributed by atoms with Crippen molar-refractivity contribution in [1.82, 2.24) is 24.4 Å². The Labute approximate surface area is 154 Å². The minimum absolute atomic E-state index is 0.0754. The molecule has 1 fully saturated rings. The molecule has 0 saturated carbocycles. The second-order valence-electron chi connectivity index (χ2n) is 6.34. The normalized spacial score (nSPS) is 17.4. The van der Waals surface area contributed by atoms with Crippen LogP contribution < -0.4 is 0 Å². The Kier molecular flexibility index (Phi) is 4.75. The predicted molar refractivity (Wildman–Crippen MR) is 95.5 cm³/mol. The van der Waals surface area contributed by atoms with Gasteiger partial charge in [-0.2, -0.15) is 0 Å². The first-order valence-electron chi connectivity index (χ1n) is 8.49. The molecule has 4 rings (SSSR count). The number of aromatic nitrogens is 4. The van der Waals surface area contributed by atoms with Gasteiger partial charge in [0.15, 0.2) is 5.82 Å². The van der Waals surface area contributed by atoms with Crippen LogP contribution in [0, 0.1) is 5.82 Å². The fraction of sp³-hybridized carbons (Fsp3) is 0.333. The summed E-state index contributed by atoms with van der Waals surface area (Å²) in [6, 6.07) is 1.43. The van der Waals surface area contributed by atoms with Crippen LogP contribution >= 0.6 is 11.3 Å². The van der Waals surface area contributed by atoms with E-state index in [2.05, 4.69) is 19.5 Å². The lowest BCUT2D eigenvalue weighted by Crippen LogP contribution is -2.40. The minimum atomic E-state index is -0.579. The van der Waals surface area contributed by atoms with E-state index < -0.39 is 5.82 Å². The third kappa shape index (κ3) is 3.37. The first-order chi connectivity index (χ1) is 12.7. The number of amides is 1. The molecule has 4 heterocycles. The van der Waals surface area contributed by atoms with Crippen molar-refractivity contribution in [1.29, 1.82) is 0 Å². The van der Waals surface area contributed by atoms with Crippen LogP contribution in [0.25, 0.3) is 0 Å². The fourth-order valence-corrected chi connectivity index (χ4v) is 3.95. The number of halogens is 1. The van der Waals surface area contributed by atoms with Gasteiger partial charge in [0, 0.05) is 43.0 Å². The highest BCUT2D eigenvalue weighted by Crippen LogP contribution is 2.27. The van der Waals surface area contributed by atoms with Gasteiger partial charge < -0.3 is 9.47 Å². The number of hydrogen-bond donors (Lipinski definition) is 0. The molecule has 0 spiro atoms. The molecule has 1 atom stereocenters. The molecule has 3 aromatic rings. The summed E-state index contributed by atoms with van der Waals surface area (Å²) in [7, 11) is 0. The van der Waals surface area contributed by atoms with E-state index in [9.17, 15) is 9.18 Å². The molecule has 8 heteroatoms.